The van der Waals surface area contributed by atoms with Gasteiger partial charge in [0, 0.05) is 18.6 Å². The minimum absolute atomic E-state index is 0.124. The van der Waals surface area contributed by atoms with Gasteiger partial charge >= 0.3 is 0 Å². The van der Waals surface area contributed by atoms with Crippen LogP contribution in [-0.4, -0.2) is 36.7 Å². The van der Waals surface area contributed by atoms with E-state index >= 15 is 0 Å². The molecule has 0 aromatic heterocycles. The molecule has 20 heavy (non-hydrogen) atoms. The van der Waals surface area contributed by atoms with Crippen molar-refractivity contribution in [2.24, 2.45) is 5.84 Å². The number of hydrazine groups is 1. The highest BCUT2D eigenvalue weighted by Gasteiger charge is 2.39. The lowest BCUT2D eigenvalue weighted by atomic mass is 9.83. The molecule has 1 aromatic carbocycles. The molecule has 2 rings (SSSR count). The van der Waals surface area contributed by atoms with Gasteiger partial charge in [0.2, 0.25) is 0 Å². The van der Waals surface area contributed by atoms with Crippen molar-refractivity contribution in [3.63, 3.8) is 0 Å². The van der Waals surface area contributed by atoms with Crippen LogP contribution in [-0.2, 0) is 4.74 Å². The van der Waals surface area contributed by atoms with E-state index in [1.54, 1.807) is 12.1 Å². The third-order valence-corrected chi connectivity index (χ3v) is 4.42. The molecule has 4 nitrogen and oxygen atoms in total. The fourth-order valence-electron chi connectivity index (χ4n) is 3.01. The van der Waals surface area contributed by atoms with E-state index in [-0.39, 0.29) is 17.4 Å². The summed E-state index contributed by atoms with van der Waals surface area (Å²) in [7, 11) is 0. The Morgan fingerprint density at radius 2 is 2.15 bits per heavy atom. The van der Waals surface area contributed by atoms with Gasteiger partial charge in [-0.2, -0.15) is 0 Å². The van der Waals surface area contributed by atoms with Crippen LogP contribution in [0.1, 0.15) is 31.9 Å². The average Bonchev–Trinajstić information content (AvgIpc) is 2.48. The van der Waals surface area contributed by atoms with Crippen molar-refractivity contribution in [1.29, 1.82) is 0 Å². The van der Waals surface area contributed by atoms with E-state index in [4.69, 9.17) is 10.6 Å². The Morgan fingerprint density at radius 3 is 2.70 bits per heavy atom. The van der Waals surface area contributed by atoms with Gasteiger partial charge in [0.25, 0.3) is 0 Å². The first-order chi connectivity index (χ1) is 9.61. The van der Waals surface area contributed by atoms with Gasteiger partial charge in [0.05, 0.1) is 19.3 Å². The van der Waals surface area contributed by atoms with E-state index in [1.807, 2.05) is 6.07 Å². The van der Waals surface area contributed by atoms with Crippen molar-refractivity contribution in [2.45, 2.75) is 31.8 Å². The lowest BCUT2D eigenvalue weighted by Crippen LogP contribution is -2.58. The summed E-state index contributed by atoms with van der Waals surface area (Å²) >= 11 is 0. The molecule has 1 aliphatic heterocycles. The molecular formula is C15H24FN3O. The molecule has 0 bridgehead atoms. The fraction of sp³-hybridized carbons (Fsp3) is 0.600. The molecular weight excluding hydrogens is 257 g/mol. The van der Waals surface area contributed by atoms with Gasteiger partial charge in [-0.05, 0) is 31.0 Å². The zero-order valence-electron chi connectivity index (χ0n) is 12.2. The molecule has 0 aliphatic carbocycles. The fourth-order valence-corrected chi connectivity index (χ4v) is 3.01. The summed E-state index contributed by atoms with van der Waals surface area (Å²) in [4.78, 5) is 2.38. The van der Waals surface area contributed by atoms with Crippen molar-refractivity contribution >= 4 is 0 Å². The molecule has 1 saturated heterocycles. The monoisotopic (exact) mass is 281 g/mol. The number of rotatable bonds is 5. The number of halogens is 1. The summed E-state index contributed by atoms with van der Waals surface area (Å²) in [6.45, 7) is 7.52. The second kappa shape index (κ2) is 6.63. The quantitative estimate of drug-likeness (QED) is 0.638. The smallest absolute Gasteiger partial charge is 0.123 e. The molecule has 3 N–H and O–H groups in total. The number of nitrogens with one attached hydrogen (secondary N) is 1. The lowest BCUT2D eigenvalue weighted by molar-refractivity contribution is -0.0329. The van der Waals surface area contributed by atoms with Gasteiger partial charge in [0.15, 0.2) is 0 Å². The number of benzene rings is 1. The molecule has 0 amide bonds. The number of nitrogens with two attached hydrogens (primary N) is 1. The van der Waals surface area contributed by atoms with Gasteiger partial charge in [-0.25, -0.2) is 4.39 Å². The standard InChI is InChI=1S/C15H24FN3O/c1-3-15(2,19-7-9-20-10-8-19)14(18-17)12-5-4-6-13(16)11-12/h4-6,11,14,18H,3,7-10,17H2,1-2H3. The SMILES string of the molecule is CCC(C)(C(NN)c1cccc(F)c1)N1CCOCC1. The van der Waals surface area contributed by atoms with Crippen LogP contribution in [0.5, 0.6) is 0 Å². The van der Waals surface area contributed by atoms with E-state index in [0.29, 0.717) is 0 Å². The number of morpholine rings is 1. The van der Waals surface area contributed by atoms with Gasteiger partial charge < -0.3 is 4.74 Å². The molecule has 0 radical (unpaired) electrons. The molecule has 2 unspecified atom stereocenters. The highest BCUT2D eigenvalue weighted by atomic mass is 19.1. The zero-order valence-corrected chi connectivity index (χ0v) is 12.2. The summed E-state index contributed by atoms with van der Waals surface area (Å²) in [5, 5.41) is 0. The Morgan fingerprint density at radius 1 is 1.45 bits per heavy atom. The van der Waals surface area contributed by atoms with E-state index in [0.717, 1.165) is 38.3 Å². The largest absolute Gasteiger partial charge is 0.379 e. The topological polar surface area (TPSA) is 50.5 Å². The normalized spacial score (nSPS) is 21.4. The summed E-state index contributed by atoms with van der Waals surface area (Å²) in [5.41, 5.74) is 3.59. The Kier molecular flexibility index (Phi) is 5.10. The Hall–Kier alpha value is -1.01. The first-order valence-corrected chi connectivity index (χ1v) is 7.16. The minimum Gasteiger partial charge on any atom is -0.379 e. The summed E-state index contributed by atoms with van der Waals surface area (Å²) in [6, 6.07) is 6.53. The second-order valence-corrected chi connectivity index (χ2v) is 5.46. The molecule has 2 atom stereocenters. The molecule has 0 saturated carbocycles. The molecule has 1 aliphatic rings. The van der Waals surface area contributed by atoms with Gasteiger partial charge in [0.1, 0.15) is 5.82 Å². The predicted octanol–water partition coefficient (Wildman–Crippen LogP) is 1.83. The number of nitrogens with zero attached hydrogens (tertiary/aromatic N) is 1. The van der Waals surface area contributed by atoms with Crippen molar-refractivity contribution in [1.82, 2.24) is 10.3 Å². The van der Waals surface area contributed by atoms with Gasteiger partial charge in [-0.15, -0.1) is 0 Å². The maximum Gasteiger partial charge on any atom is 0.123 e. The average molecular weight is 281 g/mol. The number of ether oxygens (including phenoxy) is 1. The highest BCUT2D eigenvalue weighted by molar-refractivity contribution is 5.24. The van der Waals surface area contributed by atoms with Crippen LogP contribution in [0.15, 0.2) is 24.3 Å². The number of hydrogen-bond acceptors (Lipinski definition) is 4. The molecule has 112 valence electrons. The lowest BCUT2D eigenvalue weighted by Gasteiger charge is -2.47. The third-order valence-electron chi connectivity index (χ3n) is 4.42. The summed E-state index contributed by atoms with van der Waals surface area (Å²) in [5.74, 6) is 5.56. The Balaban J connectivity index is 2.30. The van der Waals surface area contributed by atoms with E-state index in [9.17, 15) is 4.39 Å². The van der Waals surface area contributed by atoms with Crippen LogP contribution in [0.25, 0.3) is 0 Å². The maximum absolute atomic E-state index is 13.5. The van der Waals surface area contributed by atoms with Gasteiger partial charge in [-0.3, -0.25) is 16.2 Å². The first-order valence-electron chi connectivity index (χ1n) is 7.16. The molecule has 1 heterocycles. The van der Waals surface area contributed by atoms with Crippen molar-refractivity contribution in [3.05, 3.63) is 35.6 Å². The van der Waals surface area contributed by atoms with Crippen LogP contribution in [0, 0.1) is 5.82 Å². The van der Waals surface area contributed by atoms with Crippen LogP contribution < -0.4 is 11.3 Å². The summed E-state index contributed by atoms with van der Waals surface area (Å²) in [6.07, 6.45) is 0.915. The second-order valence-electron chi connectivity index (χ2n) is 5.46. The van der Waals surface area contributed by atoms with E-state index < -0.39 is 0 Å². The molecule has 5 heteroatoms. The van der Waals surface area contributed by atoms with Gasteiger partial charge in [-0.1, -0.05) is 19.1 Å². The van der Waals surface area contributed by atoms with Crippen LogP contribution in [0.3, 0.4) is 0 Å². The van der Waals surface area contributed by atoms with Crippen molar-refractivity contribution in [3.8, 4) is 0 Å². The maximum atomic E-state index is 13.5. The van der Waals surface area contributed by atoms with Crippen molar-refractivity contribution in [2.75, 3.05) is 26.3 Å². The predicted molar refractivity (Wildman–Crippen MR) is 77.6 cm³/mol. The van der Waals surface area contributed by atoms with E-state index in [2.05, 4.69) is 24.2 Å². The van der Waals surface area contributed by atoms with Crippen LogP contribution in [0.2, 0.25) is 0 Å². The Labute approximate surface area is 120 Å². The molecule has 1 aromatic rings. The van der Waals surface area contributed by atoms with Crippen molar-refractivity contribution < 1.29 is 9.13 Å². The van der Waals surface area contributed by atoms with Crippen LogP contribution >= 0.6 is 0 Å². The molecule has 0 spiro atoms. The van der Waals surface area contributed by atoms with E-state index in [1.165, 1.54) is 6.07 Å². The zero-order chi connectivity index (χ0) is 14.6. The summed E-state index contributed by atoms with van der Waals surface area (Å²) < 4.78 is 18.9. The number of hydrogen-bond donors (Lipinski definition) is 2. The highest BCUT2D eigenvalue weighted by Crippen LogP contribution is 2.34. The Bertz CT molecular complexity index is 437. The minimum atomic E-state index is -0.233. The van der Waals surface area contributed by atoms with Crippen LogP contribution in [0.4, 0.5) is 4.39 Å². The third kappa shape index (κ3) is 3.01. The molecule has 1 fully saturated rings. The first kappa shape index (κ1) is 15.4.